The van der Waals surface area contributed by atoms with Crippen LogP contribution in [0, 0.1) is 0 Å². The van der Waals surface area contributed by atoms with E-state index in [1.54, 1.807) is 19.5 Å². The van der Waals surface area contributed by atoms with Crippen LogP contribution in [-0.4, -0.2) is 18.0 Å². The summed E-state index contributed by atoms with van der Waals surface area (Å²) < 4.78 is 5.29. The molecule has 1 unspecified atom stereocenters. The van der Waals surface area contributed by atoms with Crippen LogP contribution >= 0.6 is 0 Å². The van der Waals surface area contributed by atoms with E-state index in [1.807, 2.05) is 18.2 Å². The summed E-state index contributed by atoms with van der Waals surface area (Å²) in [6.07, 6.45) is 7.92. The van der Waals surface area contributed by atoms with Crippen molar-refractivity contribution < 1.29 is 9.53 Å². The molecule has 1 atom stereocenters. The second kappa shape index (κ2) is 7.27. The smallest absolute Gasteiger partial charge is 0.220 e. The van der Waals surface area contributed by atoms with Gasteiger partial charge in [0, 0.05) is 18.8 Å². The van der Waals surface area contributed by atoms with Crippen molar-refractivity contribution in [1.82, 2.24) is 10.3 Å². The maximum Gasteiger partial charge on any atom is 0.220 e. The van der Waals surface area contributed by atoms with Gasteiger partial charge in [-0.2, -0.15) is 0 Å². The zero-order chi connectivity index (χ0) is 16.1. The zero-order valence-corrected chi connectivity index (χ0v) is 13.4. The van der Waals surface area contributed by atoms with Crippen molar-refractivity contribution in [2.24, 2.45) is 0 Å². The Kier molecular flexibility index (Phi) is 4.91. The topological polar surface area (TPSA) is 51.2 Å². The minimum absolute atomic E-state index is 0.107. The van der Waals surface area contributed by atoms with E-state index in [4.69, 9.17) is 4.74 Å². The molecule has 0 fully saturated rings. The van der Waals surface area contributed by atoms with Crippen LogP contribution in [0.1, 0.15) is 42.0 Å². The molecule has 1 aliphatic carbocycles. The summed E-state index contributed by atoms with van der Waals surface area (Å²) >= 11 is 0. The number of amides is 1. The molecule has 1 N–H and O–H groups in total. The zero-order valence-electron chi connectivity index (χ0n) is 13.4. The fraction of sp³-hybridized carbons (Fsp3) is 0.368. The van der Waals surface area contributed by atoms with Crippen LogP contribution in [0.15, 0.2) is 42.7 Å². The van der Waals surface area contributed by atoms with Crippen molar-refractivity contribution in [2.45, 2.75) is 38.1 Å². The van der Waals surface area contributed by atoms with Gasteiger partial charge in [-0.15, -0.1) is 0 Å². The Bertz CT molecular complexity index is 670. The predicted molar refractivity (Wildman–Crippen MR) is 89.4 cm³/mol. The molecule has 4 nitrogen and oxygen atoms in total. The van der Waals surface area contributed by atoms with E-state index in [9.17, 15) is 4.79 Å². The Morgan fingerprint density at radius 2 is 2.13 bits per heavy atom. The average Bonchev–Trinajstić information content (AvgIpc) is 2.60. The maximum atomic E-state index is 12.3. The van der Waals surface area contributed by atoms with Crippen LogP contribution in [0.25, 0.3) is 0 Å². The number of ether oxygens (including phenoxy) is 1. The molecule has 1 aromatic carbocycles. The summed E-state index contributed by atoms with van der Waals surface area (Å²) in [6, 6.07) is 10.2. The van der Waals surface area contributed by atoms with Gasteiger partial charge in [-0.3, -0.25) is 9.78 Å². The molecule has 4 heteroatoms. The van der Waals surface area contributed by atoms with Gasteiger partial charge < -0.3 is 10.1 Å². The average molecular weight is 310 g/mol. The first-order chi connectivity index (χ1) is 11.3. The SMILES string of the molecule is COc1ccc2c(c1)CCCC2NC(=O)CCc1ccncc1. The summed E-state index contributed by atoms with van der Waals surface area (Å²) in [5.41, 5.74) is 3.66. The van der Waals surface area contributed by atoms with E-state index < -0.39 is 0 Å². The van der Waals surface area contributed by atoms with E-state index in [2.05, 4.69) is 22.4 Å². The number of aryl methyl sites for hydroxylation is 2. The number of fused-ring (bicyclic) bond motifs is 1. The first-order valence-corrected chi connectivity index (χ1v) is 8.11. The van der Waals surface area contributed by atoms with Gasteiger partial charge in [0.1, 0.15) is 5.75 Å². The predicted octanol–water partition coefficient (Wildman–Crippen LogP) is 3.22. The number of benzene rings is 1. The lowest BCUT2D eigenvalue weighted by Crippen LogP contribution is -2.31. The second-order valence-electron chi connectivity index (χ2n) is 5.93. The van der Waals surface area contributed by atoms with E-state index in [0.29, 0.717) is 6.42 Å². The lowest BCUT2D eigenvalue weighted by atomic mass is 9.87. The van der Waals surface area contributed by atoms with Gasteiger partial charge in [-0.1, -0.05) is 6.07 Å². The van der Waals surface area contributed by atoms with Gasteiger partial charge in [0.2, 0.25) is 5.91 Å². The summed E-state index contributed by atoms with van der Waals surface area (Å²) in [7, 11) is 1.68. The number of rotatable bonds is 5. The number of hydrogen-bond acceptors (Lipinski definition) is 3. The fourth-order valence-electron chi connectivity index (χ4n) is 3.14. The van der Waals surface area contributed by atoms with Crippen molar-refractivity contribution in [3.8, 4) is 5.75 Å². The number of nitrogens with zero attached hydrogens (tertiary/aromatic N) is 1. The number of nitrogens with one attached hydrogen (secondary N) is 1. The minimum Gasteiger partial charge on any atom is -0.497 e. The summed E-state index contributed by atoms with van der Waals surface area (Å²) in [4.78, 5) is 16.3. The van der Waals surface area contributed by atoms with Crippen molar-refractivity contribution in [3.63, 3.8) is 0 Å². The molecule has 0 bridgehead atoms. The molecule has 2 aromatic rings. The molecule has 0 saturated heterocycles. The summed E-state index contributed by atoms with van der Waals surface area (Å²) in [5.74, 6) is 0.990. The van der Waals surface area contributed by atoms with E-state index in [-0.39, 0.29) is 11.9 Å². The Hall–Kier alpha value is -2.36. The first-order valence-electron chi connectivity index (χ1n) is 8.11. The van der Waals surface area contributed by atoms with Crippen LogP contribution in [0.2, 0.25) is 0 Å². The van der Waals surface area contributed by atoms with Crippen LogP contribution < -0.4 is 10.1 Å². The van der Waals surface area contributed by atoms with E-state index in [1.165, 1.54) is 11.1 Å². The number of methoxy groups -OCH3 is 1. The second-order valence-corrected chi connectivity index (χ2v) is 5.93. The first kappa shape index (κ1) is 15.5. The normalized spacial score (nSPS) is 16.5. The Morgan fingerprint density at radius 3 is 2.91 bits per heavy atom. The third kappa shape index (κ3) is 3.89. The molecule has 0 saturated carbocycles. The molecule has 0 spiro atoms. The summed E-state index contributed by atoms with van der Waals surface area (Å²) in [6.45, 7) is 0. The highest BCUT2D eigenvalue weighted by molar-refractivity contribution is 5.76. The fourth-order valence-corrected chi connectivity index (χ4v) is 3.14. The van der Waals surface area contributed by atoms with Gasteiger partial charge in [-0.05, 0) is 66.6 Å². The number of carbonyl (C=O) groups is 1. The molecule has 1 amide bonds. The third-order valence-corrected chi connectivity index (χ3v) is 4.39. The van der Waals surface area contributed by atoms with Gasteiger partial charge in [0.05, 0.1) is 13.2 Å². The monoisotopic (exact) mass is 310 g/mol. The van der Waals surface area contributed by atoms with Gasteiger partial charge in [-0.25, -0.2) is 0 Å². The molecule has 1 aromatic heterocycles. The van der Waals surface area contributed by atoms with E-state index in [0.717, 1.165) is 37.0 Å². The number of hydrogen-bond donors (Lipinski definition) is 1. The molecule has 120 valence electrons. The van der Waals surface area contributed by atoms with Gasteiger partial charge in [0.25, 0.3) is 0 Å². The molecule has 0 aliphatic heterocycles. The van der Waals surface area contributed by atoms with Crippen molar-refractivity contribution in [1.29, 1.82) is 0 Å². The van der Waals surface area contributed by atoms with Crippen molar-refractivity contribution in [2.75, 3.05) is 7.11 Å². The van der Waals surface area contributed by atoms with Crippen LogP contribution in [0.5, 0.6) is 5.75 Å². The van der Waals surface area contributed by atoms with Gasteiger partial charge in [0.15, 0.2) is 0 Å². The molecule has 23 heavy (non-hydrogen) atoms. The molecule has 0 radical (unpaired) electrons. The molecular weight excluding hydrogens is 288 g/mol. The highest BCUT2D eigenvalue weighted by atomic mass is 16.5. The lowest BCUT2D eigenvalue weighted by molar-refractivity contribution is -0.121. The highest BCUT2D eigenvalue weighted by Crippen LogP contribution is 2.32. The number of pyridine rings is 1. The largest absolute Gasteiger partial charge is 0.497 e. The standard InChI is InChI=1S/C19H22N2O2/c1-23-16-6-7-17-15(13-16)3-2-4-18(17)21-19(22)8-5-14-9-11-20-12-10-14/h6-7,9-13,18H,2-5,8H2,1H3,(H,21,22). The quantitative estimate of drug-likeness (QED) is 0.922. The highest BCUT2D eigenvalue weighted by Gasteiger charge is 2.22. The Morgan fingerprint density at radius 1 is 1.30 bits per heavy atom. The molecule has 1 aliphatic rings. The Labute approximate surface area is 136 Å². The van der Waals surface area contributed by atoms with Crippen LogP contribution in [0.4, 0.5) is 0 Å². The van der Waals surface area contributed by atoms with Crippen molar-refractivity contribution >= 4 is 5.91 Å². The maximum absolute atomic E-state index is 12.3. The number of aromatic nitrogens is 1. The minimum atomic E-state index is 0.107. The van der Waals surface area contributed by atoms with Gasteiger partial charge >= 0.3 is 0 Å². The van der Waals surface area contributed by atoms with Crippen LogP contribution in [0.3, 0.4) is 0 Å². The third-order valence-electron chi connectivity index (χ3n) is 4.39. The molecule has 1 heterocycles. The Balaban J connectivity index is 1.61. The summed E-state index contributed by atoms with van der Waals surface area (Å²) in [5, 5.41) is 3.19. The van der Waals surface area contributed by atoms with E-state index >= 15 is 0 Å². The number of carbonyl (C=O) groups excluding carboxylic acids is 1. The lowest BCUT2D eigenvalue weighted by Gasteiger charge is -2.27. The molecule has 3 rings (SSSR count). The van der Waals surface area contributed by atoms with Crippen molar-refractivity contribution in [3.05, 3.63) is 59.4 Å². The van der Waals surface area contributed by atoms with Crippen LogP contribution in [-0.2, 0) is 17.6 Å². The molecular formula is C19H22N2O2.